The molecule has 8 atom stereocenters. The van der Waals surface area contributed by atoms with E-state index >= 15 is 0 Å². The Morgan fingerprint density at radius 1 is 0.481 bits per heavy atom. The second-order valence-electron chi connectivity index (χ2n) is 24.3. The fourth-order valence-corrected chi connectivity index (χ4v) is 11.2. The minimum Gasteiger partial charge on any atom is -0.454 e. The number of hydrogen-bond donors (Lipinski definition) is 6. The van der Waals surface area contributed by atoms with Gasteiger partial charge >= 0.3 is 5.97 Å². The van der Waals surface area contributed by atoms with E-state index in [0.717, 1.165) is 57.8 Å². The molecular weight excluding hydrogens is 991 g/mol. The van der Waals surface area contributed by atoms with Crippen LogP contribution in [0.5, 0.6) is 0 Å². The summed E-state index contributed by atoms with van der Waals surface area (Å²) >= 11 is 0. The minimum atomic E-state index is -1.61. The number of unbranched alkanes of at least 4 members (excludes halogenated alkanes) is 46. The zero-order valence-corrected chi connectivity index (χ0v) is 52.0. The molecule has 1 heterocycles. The lowest BCUT2D eigenvalue weighted by atomic mass is 9.99. The van der Waals surface area contributed by atoms with Gasteiger partial charge in [0, 0.05) is 6.42 Å². The van der Waals surface area contributed by atoms with Crippen LogP contribution in [-0.2, 0) is 23.8 Å². The van der Waals surface area contributed by atoms with Gasteiger partial charge in [0.2, 0.25) is 5.91 Å². The van der Waals surface area contributed by atoms with Gasteiger partial charge in [-0.1, -0.05) is 328 Å². The van der Waals surface area contributed by atoms with E-state index in [2.05, 4.69) is 26.1 Å². The van der Waals surface area contributed by atoms with E-state index in [-0.39, 0.29) is 13.0 Å². The Hall–Kier alpha value is -1.60. The molecule has 0 radical (unpaired) electrons. The summed E-state index contributed by atoms with van der Waals surface area (Å²) in [6, 6.07) is -1.02. The van der Waals surface area contributed by atoms with Gasteiger partial charge in [0.1, 0.15) is 24.4 Å². The Bertz CT molecular complexity index is 1340. The molecule has 79 heavy (non-hydrogen) atoms. The molecule has 1 amide bonds. The van der Waals surface area contributed by atoms with Gasteiger partial charge in [-0.05, 0) is 25.7 Å². The van der Waals surface area contributed by atoms with Crippen molar-refractivity contribution in [2.75, 3.05) is 13.2 Å². The first kappa shape index (κ1) is 75.4. The maximum Gasteiger partial charge on any atom is 0.306 e. The van der Waals surface area contributed by atoms with Crippen LogP contribution in [0.3, 0.4) is 0 Å². The highest BCUT2D eigenvalue weighted by Gasteiger charge is 2.47. The van der Waals surface area contributed by atoms with Crippen LogP contribution >= 0.6 is 0 Å². The van der Waals surface area contributed by atoms with Crippen molar-refractivity contribution in [2.45, 2.75) is 397 Å². The van der Waals surface area contributed by atoms with Crippen molar-refractivity contribution >= 4 is 11.9 Å². The van der Waals surface area contributed by atoms with Gasteiger partial charge in [-0.25, -0.2) is 0 Å². The number of aliphatic hydroxyl groups is 5. The Morgan fingerprint density at radius 2 is 0.823 bits per heavy atom. The van der Waals surface area contributed by atoms with E-state index < -0.39 is 67.4 Å². The Balaban J connectivity index is 2.57. The van der Waals surface area contributed by atoms with Crippen LogP contribution in [0.15, 0.2) is 12.2 Å². The first-order valence-corrected chi connectivity index (χ1v) is 34.5. The molecule has 6 N–H and O–H groups in total. The second-order valence-corrected chi connectivity index (χ2v) is 24.3. The average Bonchev–Trinajstić information content (AvgIpc) is 3.51. The van der Waals surface area contributed by atoms with Crippen molar-refractivity contribution in [3.05, 3.63) is 12.2 Å². The van der Waals surface area contributed by atoms with E-state index in [9.17, 15) is 35.1 Å². The normalized spacial score (nSPS) is 18.8. The fourth-order valence-electron chi connectivity index (χ4n) is 11.2. The molecular formula is C68H131NO10. The van der Waals surface area contributed by atoms with E-state index in [0.29, 0.717) is 19.3 Å². The maximum atomic E-state index is 13.5. The zero-order valence-electron chi connectivity index (χ0n) is 52.0. The van der Waals surface area contributed by atoms with E-state index in [4.69, 9.17) is 14.2 Å². The predicted octanol–water partition coefficient (Wildman–Crippen LogP) is 17.1. The van der Waals surface area contributed by atoms with Crippen molar-refractivity contribution in [1.82, 2.24) is 5.32 Å². The van der Waals surface area contributed by atoms with Gasteiger partial charge in [0.15, 0.2) is 12.4 Å². The topological polar surface area (TPSA) is 175 Å². The smallest absolute Gasteiger partial charge is 0.306 e. The number of hydrogen-bond acceptors (Lipinski definition) is 10. The zero-order chi connectivity index (χ0) is 57.5. The van der Waals surface area contributed by atoms with Gasteiger partial charge in [-0.2, -0.15) is 0 Å². The number of allylic oxidation sites excluding steroid dienone is 1. The molecule has 1 saturated heterocycles. The molecule has 1 aliphatic rings. The first-order valence-electron chi connectivity index (χ1n) is 34.5. The monoisotopic (exact) mass is 1120 g/mol. The number of nitrogens with one attached hydrogen (secondary N) is 1. The molecule has 0 aromatic heterocycles. The SMILES string of the molecule is CCCCCCCCCCC/C=C/C(O)C(COC1OC(CO)C(O)C(O)C1OC(=O)CCCCCCCCCCCCCCCCCCCCC)NC(=O)C(O)CCCCCCCCCCCCCCCCCCCCCC. The number of ether oxygens (including phenoxy) is 3. The predicted molar refractivity (Wildman–Crippen MR) is 329 cm³/mol. The highest BCUT2D eigenvalue weighted by Crippen LogP contribution is 2.26. The molecule has 1 fully saturated rings. The van der Waals surface area contributed by atoms with E-state index in [1.807, 2.05) is 6.08 Å². The molecule has 11 heteroatoms. The average molecular weight is 1120 g/mol. The largest absolute Gasteiger partial charge is 0.454 e. The minimum absolute atomic E-state index is 0.132. The summed E-state index contributed by atoms with van der Waals surface area (Å²) in [5, 5.41) is 57.1. The Labute approximate surface area is 487 Å². The van der Waals surface area contributed by atoms with Crippen molar-refractivity contribution in [1.29, 1.82) is 0 Å². The number of carbonyl (C=O) groups excluding carboxylic acids is 2. The van der Waals surface area contributed by atoms with Crippen molar-refractivity contribution in [3.63, 3.8) is 0 Å². The van der Waals surface area contributed by atoms with Crippen LogP contribution in [0.2, 0.25) is 0 Å². The molecule has 0 aromatic rings. The summed E-state index contributed by atoms with van der Waals surface area (Å²) in [5.74, 6) is -1.17. The third-order valence-electron chi connectivity index (χ3n) is 16.7. The van der Waals surface area contributed by atoms with Gasteiger partial charge in [-0.3, -0.25) is 9.59 Å². The molecule has 8 unspecified atom stereocenters. The Kier molecular flexibility index (Phi) is 54.3. The van der Waals surface area contributed by atoms with Gasteiger partial charge in [0.25, 0.3) is 0 Å². The molecule has 0 aromatic carbocycles. The number of amides is 1. The van der Waals surface area contributed by atoms with E-state index in [1.54, 1.807) is 6.08 Å². The fraction of sp³-hybridized carbons (Fsp3) is 0.941. The van der Waals surface area contributed by atoms with Crippen LogP contribution in [0, 0.1) is 0 Å². The third-order valence-corrected chi connectivity index (χ3v) is 16.7. The molecule has 0 saturated carbocycles. The summed E-state index contributed by atoms with van der Waals surface area (Å²) in [6.07, 6.45) is 55.4. The number of carbonyl (C=O) groups is 2. The van der Waals surface area contributed by atoms with Gasteiger partial charge in [-0.15, -0.1) is 0 Å². The maximum absolute atomic E-state index is 13.5. The molecule has 1 rings (SSSR count). The molecule has 0 aliphatic carbocycles. The molecule has 0 spiro atoms. The standard InChI is InChI=1S/C68H131NO10/c1-4-7-10-13-16-19-22-24-26-28-30-32-33-35-37-40-43-46-49-52-55-61(72)67(76)69-59(60(71)54-51-48-45-42-39-21-18-15-12-9-6-3)58-77-68-66(65(75)64(74)62(57-70)78-68)79-63(73)56-53-50-47-44-41-38-36-34-31-29-27-25-23-20-17-14-11-8-5-2/h51,54,59-62,64-66,68,70-72,74-75H,4-50,52-53,55-58H2,1-3H3,(H,69,76)/b54-51+. The van der Waals surface area contributed by atoms with Crippen LogP contribution < -0.4 is 5.32 Å². The molecule has 468 valence electrons. The van der Waals surface area contributed by atoms with Crippen molar-refractivity contribution in [2.24, 2.45) is 0 Å². The summed E-state index contributed by atoms with van der Waals surface area (Å²) in [6.45, 7) is 5.85. The lowest BCUT2D eigenvalue weighted by molar-refractivity contribution is -0.305. The van der Waals surface area contributed by atoms with Crippen molar-refractivity contribution < 1.29 is 49.3 Å². The first-order chi connectivity index (χ1) is 38.7. The molecule has 11 nitrogen and oxygen atoms in total. The summed E-state index contributed by atoms with van der Waals surface area (Å²) in [4.78, 5) is 26.6. The van der Waals surface area contributed by atoms with Gasteiger partial charge < -0.3 is 45.1 Å². The summed E-state index contributed by atoms with van der Waals surface area (Å²) in [7, 11) is 0. The Morgan fingerprint density at radius 3 is 1.19 bits per heavy atom. The lowest BCUT2D eigenvalue weighted by Gasteiger charge is -2.41. The summed E-state index contributed by atoms with van der Waals surface area (Å²) < 4.78 is 17.7. The summed E-state index contributed by atoms with van der Waals surface area (Å²) in [5.41, 5.74) is 0. The highest BCUT2D eigenvalue weighted by molar-refractivity contribution is 5.80. The molecule has 1 aliphatic heterocycles. The lowest BCUT2D eigenvalue weighted by Crippen LogP contribution is -2.61. The third kappa shape index (κ3) is 44.6. The molecule has 0 bridgehead atoms. The van der Waals surface area contributed by atoms with Crippen LogP contribution in [0.4, 0.5) is 0 Å². The number of rotatable bonds is 60. The second kappa shape index (κ2) is 56.9. The van der Waals surface area contributed by atoms with Gasteiger partial charge in [0.05, 0.1) is 25.4 Å². The van der Waals surface area contributed by atoms with Crippen LogP contribution in [0.25, 0.3) is 0 Å². The number of esters is 1. The van der Waals surface area contributed by atoms with Crippen molar-refractivity contribution in [3.8, 4) is 0 Å². The number of aliphatic hydroxyl groups excluding tert-OH is 5. The highest BCUT2D eigenvalue weighted by atomic mass is 16.7. The van der Waals surface area contributed by atoms with Crippen LogP contribution in [0.1, 0.15) is 348 Å². The quantitative estimate of drug-likeness (QED) is 0.0195. The van der Waals surface area contributed by atoms with E-state index in [1.165, 1.54) is 244 Å². The van der Waals surface area contributed by atoms with Crippen LogP contribution in [-0.4, -0.2) is 99.6 Å².